The van der Waals surface area contributed by atoms with Crippen molar-refractivity contribution in [1.29, 1.82) is 0 Å². The maximum atomic E-state index is 13.1. The van der Waals surface area contributed by atoms with Crippen molar-refractivity contribution in [2.45, 2.75) is 26.8 Å². The van der Waals surface area contributed by atoms with Crippen LogP contribution < -0.4 is 9.47 Å². The number of fused-ring (bicyclic) bond motifs is 3. The summed E-state index contributed by atoms with van der Waals surface area (Å²) in [6.45, 7) is 4.74. The summed E-state index contributed by atoms with van der Waals surface area (Å²) in [5.74, 6) is 0.861. The van der Waals surface area contributed by atoms with E-state index in [0.29, 0.717) is 28.4 Å². The molecular formula is C24H25N3O4. The van der Waals surface area contributed by atoms with E-state index in [1.807, 2.05) is 49.4 Å². The SMILES string of the molecule is CCOC(=O)c1c(N=Nc2ccccc2)c(C)n2c1-c1cc(OC)c(OC)cc1CC2. The molecule has 0 bridgehead atoms. The highest BCUT2D eigenvalue weighted by atomic mass is 16.5. The number of hydrogen-bond donors (Lipinski definition) is 0. The summed E-state index contributed by atoms with van der Waals surface area (Å²) in [5.41, 5.74) is 5.31. The van der Waals surface area contributed by atoms with Crippen LogP contribution in [0.15, 0.2) is 52.7 Å². The van der Waals surface area contributed by atoms with Crippen molar-refractivity contribution >= 4 is 17.3 Å². The van der Waals surface area contributed by atoms with Crippen LogP contribution in [0.1, 0.15) is 28.5 Å². The summed E-state index contributed by atoms with van der Waals surface area (Å²) in [6, 6.07) is 13.3. The van der Waals surface area contributed by atoms with Gasteiger partial charge in [-0.25, -0.2) is 4.79 Å². The number of carbonyl (C=O) groups is 1. The van der Waals surface area contributed by atoms with Crippen LogP contribution in [0.25, 0.3) is 11.3 Å². The fraction of sp³-hybridized carbons (Fsp3) is 0.292. The first-order chi connectivity index (χ1) is 15.1. The highest BCUT2D eigenvalue weighted by Crippen LogP contribution is 2.45. The number of aromatic nitrogens is 1. The maximum absolute atomic E-state index is 13.1. The minimum absolute atomic E-state index is 0.274. The van der Waals surface area contributed by atoms with E-state index in [4.69, 9.17) is 14.2 Å². The van der Waals surface area contributed by atoms with Gasteiger partial charge in [-0.2, -0.15) is 5.11 Å². The molecule has 1 aromatic heterocycles. The van der Waals surface area contributed by atoms with Crippen molar-refractivity contribution in [3.8, 4) is 22.8 Å². The molecule has 0 unspecified atom stereocenters. The van der Waals surface area contributed by atoms with Crippen molar-refractivity contribution in [2.75, 3.05) is 20.8 Å². The first-order valence-electron chi connectivity index (χ1n) is 10.2. The Hall–Kier alpha value is -3.61. The van der Waals surface area contributed by atoms with E-state index in [-0.39, 0.29) is 6.61 Å². The molecule has 0 saturated heterocycles. The minimum Gasteiger partial charge on any atom is -0.493 e. The lowest BCUT2D eigenvalue weighted by atomic mass is 9.95. The van der Waals surface area contributed by atoms with Gasteiger partial charge in [0.15, 0.2) is 11.5 Å². The zero-order valence-electron chi connectivity index (χ0n) is 18.1. The van der Waals surface area contributed by atoms with Crippen molar-refractivity contribution in [2.24, 2.45) is 10.2 Å². The largest absolute Gasteiger partial charge is 0.493 e. The maximum Gasteiger partial charge on any atom is 0.342 e. The van der Waals surface area contributed by atoms with E-state index < -0.39 is 5.97 Å². The van der Waals surface area contributed by atoms with E-state index in [0.717, 1.165) is 35.5 Å². The molecule has 31 heavy (non-hydrogen) atoms. The van der Waals surface area contributed by atoms with Crippen molar-refractivity contribution in [1.82, 2.24) is 4.57 Å². The van der Waals surface area contributed by atoms with Gasteiger partial charge in [-0.3, -0.25) is 0 Å². The molecule has 0 aliphatic carbocycles. The van der Waals surface area contributed by atoms with Gasteiger partial charge in [0.05, 0.1) is 32.2 Å². The third-order valence-corrected chi connectivity index (χ3v) is 5.46. The molecule has 2 aromatic carbocycles. The molecule has 0 N–H and O–H groups in total. The topological polar surface area (TPSA) is 74.4 Å². The van der Waals surface area contributed by atoms with Gasteiger partial charge in [-0.05, 0) is 50.1 Å². The number of esters is 1. The molecule has 7 heteroatoms. The second-order valence-electron chi connectivity index (χ2n) is 7.18. The number of nitrogens with zero attached hydrogens (tertiary/aromatic N) is 3. The molecule has 1 aliphatic heterocycles. The van der Waals surface area contributed by atoms with Crippen LogP contribution in [-0.4, -0.2) is 31.4 Å². The first-order valence-corrected chi connectivity index (χ1v) is 10.2. The number of carbonyl (C=O) groups excluding carboxylic acids is 1. The van der Waals surface area contributed by atoms with E-state index in [2.05, 4.69) is 14.8 Å². The molecule has 3 aromatic rings. The molecule has 0 spiro atoms. The van der Waals surface area contributed by atoms with Crippen LogP contribution in [0.3, 0.4) is 0 Å². The fourth-order valence-corrected chi connectivity index (χ4v) is 3.99. The zero-order valence-corrected chi connectivity index (χ0v) is 18.1. The summed E-state index contributed by atoms with van der Waals surface area (Å²) >= 11 is 0. The van der Waals surface area contributed by atoms with Crippen molar-refractivity contribution in [3.63, 3.8) is 0 Å². The molecule has 0 fully saturated rings. The summed E-state index contributed by atoms with van der Waals surface area (Å²) < 4.78 is 18.5. The first kappa shape index (κ1) is 20.7. The van der Waals surface area contributed by atoms with E-state index >= 15 is 0 Å². The summed E-state index contributed by atoms with van der Waals surface area (Å²) in [5, 5.41) is 8.84. The Morgan fingerprint density at radius 2 is 1.77 bits per heavy atom. The van der Waals surface area contributed by atoms with Gasteiger partial charge in [0.25, 0.3) is 0 Å². The molecule has 160 valence electrons. The molecule has 4 rings (SSSR count). The second-order valence-corrected chi connectivity index (χ2v) is 7.18. The molecular weight excluding hydrogens is 394 g/mol. The number of methoxy groups -OCH3 is 2. The molecule has 7 nitrogen and oxygen atoms in total. The Morgan fingerprint density at radius 1 is 1.06 bits per heavy atom. The normalized spacial score (nSPS) is 12.4. The number of rotatable bonds is 6. The van der Waals surface area contributed by atoms with Crippen LogP contribution in [0.4, 0.5) is 11.4 Å². The van der Waals surface area contributed by atoms with Gasteiger partial charge in [-0.1, -0.05) is 18.2 Å². The Morgan fingerprint density at radius 3 is 2.45 bits per heavy atom. The molecule has 1 aliphatic rings. The predicted octanol–water partition coefficient (Wildman–Crippen LogP) is 5.63. The van der Waals surface area contributed by atoms with E-state index in [1.165, 1.54) is 0 Å². The summed E-state index contributed by atoms with van der Waals surface area (Å²) in [7, 11) is 3.22. The van der Waals surface area contributed by atoms with Crippen LogP contribution in [-0.2, 0) is 17.7 Å². The monoisotopic (exact) mass is 419 g/mol. The Balaban J connectivity index is 1.93. The molecule has 0 amide bonds. The fourth-order valence-electron chi connectivity index (χ4n) is 3.99. The average Bonchev–Trinajstić information content (AvgIpc) is 3.09. The standard InChI is InChI=1S/C24H25N3O4/c1-5-31-24(28)21-22(26-25-17-9-7-6-8-10-17)15(2)27-12-11-16-13-19(29-3)20(30-4)14-18(16)23(21)27/h6-10,13-14H,5,11-12H2,1-4H3. The highest BCUT2D eigenvalue weighted by molar-refractivity contribution is 6.03. The van der Waals surface area contributed by atoms with E-state index in [9.17, 15) is 4.79 Å². The van der Waals surface area contributed by atoms with Gasteiger partial charge in [0.2, 0.25) is 0 Å². The molecule has 0 radical (unpaired) electrons. The quantitative estimate of drug-likeness (QED) is 0.383. The third-order valence-electron chi connectivity index (χ3n) is 5.46. The Kier molecular flexibility index (Phi) is 5.75. The van der Waals surface area contributed by atoms with Crippen molar-refractivity contribution < 1.29 is 19.0 Å². The Bertz CT molecular complexity index is 1150. The number of ether oxygens (including phenoxy) is 3. The average molecular weight is 419 g/mol. The van der Waals surface area contributed by atoms with Crippen LogP contribution in [0.2, 0.25) is 0 Å². The second kappa shape index (κ2) is 8.63. The third kappa shape index (κ3) is 3.67. The number of benzene rings is 2. The molecule has 2 heterocycles. The summed E-state index contributed by atoms with van der Waals surface area (Å²) in [4.78, 5) is 13.1. The summed E-state index contributed by atoms with van der Waals surface area (Å²) in [6.07, 6.45) is 0.801. The van der Waals surface area contributed by atoms with Gasteiger partial charge in [0, 0.05) is 17.8 Å². The van der Waals surface area contributed by atoms with Crippen molar-refractivity contribution in [3.05, 3.63) is 59.3 Å². The number of hydrogen-bond acceptors (Lipinski definition) is 6. The van der Waals surface area contributed by atoms with Gasteiger partial charge in [0.1, 0.15) is 11.3 Å². The molecule has 0 saturated carbocycles. The lowest BCUT2D eigenvalue weighted by molar-refractivity contribution is 0.0528. The van der Waals surface area contributed by atoms with Crippen LogP contribution >= 0.6 is 0 Å². The lowest BCUT2D eigenvalue weighted by Gasteiger charge is -2.23. The Labute approximate surface area is 181 Å². The highest BCUT2D eigenvalue weighted by Gasteiger charge is 2.32. The number of azo groups is 1. The van der Waals surface area contributed by atoms with Gasteiger partial charge in [-0.15, -0.1) is 5.11 Å². The smallest absolute Gasteiger partial charge is 0.342 e. The zero-order chi connectivity index (χ0) is 22.0. The minimum atomic E-state index is -0.413. The van der Waals surface area contributed by atoms with Gasteiger partial charge < -0.3 is 18.8 Å². The van der Waals surface area contributed by atoms with Crippen LogP contribution in [0.5, 0.6) is 11.5 Å². The predicted molar refractivity (Wildman–Crippen MR) is 118 cm³/mol. The van der Waals surface area contributed by atoms with Gasteiger partial charge >= 0.3 is 5.97 Å². The lowest BCUT2D eigenvalue weighted by Crippen LogP contribution is -2.15. The number of aryl methyl sites for hydroxylation is 1. The van der Waals surface area contributed by atoms with Crippen LogP contribution in [0, 0.1) is 6.92 Å². The molecule has 0 atom stereocenters. The van der Waals surface area contributed by atoms with E-state index in [1.54, 1.807) is 21.1 Å².